The van der Waals surface area contributed by atoms with Gasteiger partial charge in [0.25, 0.3) is 5.91 Å². The first kappa shape index (κ1) is 18.7. The molecule has 3 aromatic rings. The van der Waals surface area contributed by atoms with E-state index < -0.39 is 0 Å². The molecule has 3 rings (SSSR count). The second-order valence-electron chi connectivity index (χ2n) is 6.87. The van der Waals surface area contributed by atoms with Gasteiger partial charge in [-0.25, -0.2) is 5.43 Å². The Hall–Kier alpha value is -3.08. The van der Waals surface area contributed by atoms with Crippen LogP contribution < -0.4 is 10.2 Å². The number of ether oxygens (including phenoxy) is 1. The van der Waals surface area contributed by atoms with Crippen molar-refractivity contribution in [2.45, 2.75) is 33.6 Å². The number of furan rings is 1. The molecule has 0 saturated heterocycles. The van der Waals surface area contributed by atoms with Gasteiger partial charge < -0.3 is 9.15 Å². The molecule has 0 unspecified atom stereocenters. The molecule has 0 atom stereocenters. The number of fused-ring (bicyclic) bond motifs is 1. The zero-order valence-corrected chi connectivity index (χ0v) is 16.1. The van der Waals surface area contributed by atoms with E-state index in [2.05, 4.69) is 24.4 Å². The van der Waals surface area contributed by atoms with Gasteiger partial charge in [-0.05, 0) is 49.1 Å². The van der Waals surface area contributed by atoms with Gasteiger partial charge in [0, 0.05) is 5.39 Å². The molecule has 5 nitrogen and oxygen atoms in total. The van der Waals surface area contributed by atoms with Crippen molar-refractivity contribution in [3.05, 3.63) is 65.4 Å². The van der Waals surface area contributed by atoms with E-state index in [1.165, 1.54) is 0 Å². The molecule has 0 bridgehead atoms. The van der Waals surface area contributed by atoms with E-state index in [1.54, 1.807) is 6.92 Å². The highest BCUT2D eigenvalue weighted by molar-refractivity contribution is 6.00. The topological polar surface area (TPSA) is 63.8 Å². The van der Waals surface area contributed by atoms with Gasteiger partial charge in [0.2, 0.25) is 0 Å². The molecule has 0 spiro atoms. The number of nitrogens with zero attached hydrogens (tertiary/aromatic N) is 1. The minimum atomic E-state index is -0.318. The highest BCUT2D eigenvalue weighted by Crippen LogP contribution is 2.27. The van der Waals surface area contributed by atoms with Crippen LogP contribution in [0.3, 0.4) is 0 Å². The van der Waals surface area contributed by atoms with Gasteiger partial charge in [0.15, 0.2) is 12.4 Å². The monoisotopic (exact) mass is 364 g/mol. The number of rotatable bonds is 6. The Kier molecular flexibility index (Phi) is 5.60. The van der Waals surface area contributed by atoms with Gasteiger partial charge in [0.1, 0.15) is 17.0 Å². The van der Waals surface area contributed by atoms with Crippen molar-refractivity contribution >= 4 is 22.6 Å². The standard InChI is InChI=1S/C22H24N2O3/c1-14(2)18-10-9-15(3)11-21(18)26-13-22(25)24-23-16(4)20-12-17-7-5-6-8-19(17)27-20/h5-12,14H,13H2,1-4H3,(H,24,25)/b23-16-. The molecule has 1 N–H and O–H groups in total. The number of carbonyl (C=O) groups excluding carboxylic acids is 1. The number of para-hydroxylation sites is 1. The molecular formula is C22H24N2O3. The third-order valence-corrected chi connectivity index (χ3v) is 4.28. The van der Waals surface area contributed by atoms with Gasteiger partial charge in [-0.2, -0.15) is 5.10 Å². The second kappa shape index (κ2) is 8.08. The smallest absolute Gasteiger partial charge is 0.277 e. The normalized spacial score (nSPS) is 11.8. The average Bonchev–Trinajstić information content (AvgIpc) is 3.08. The molecule has 2 aromatic carbocycles. The third-order valence-electron chi connectivity index (χ3n) is 4.28. The van der Waals surface area contributed by atoms with Crippen molar-refractivity contribution in [1.82, 2.24) is 5.43 Å². The summed E-state index contributed by atoms with van der Waals surface area (Å²) < 4.78 is 11.5. The molecule has 0 aliphatic heterocycles. The minimum Gasteiger partial charge on any atom is -0.483 e. The van der Waals surface area contributed by atoms with E-state index in [0.717, 1.165) is 27.8 Å². The van der Waals surface area contributed by atoms with Gasteiger partial charge in [-0.1, -0.05) is 44.2 Å². The Morgan fingerprint density at radius 2 is 1.96 bits per heavy atom. The number of carbonyl (C=O) groups is 1. The molecule has 5 heteroatoms. The summed E-state index contributed by atoms with van der Waals surface area (Å²) in [6, 6.07) is 15.7. The first-order valence-electron chi connectivity index (χ1n) is 8.99. The van der Waals surface area contributed by atoms with Crippen LogP contribution in [-0.2, 0) is 4.79 Å². The lowest BCUT2D eigenvalue weighted by Gasteiger charge is -2.14. The Labute approximate surface area is 159 Å². The number of benzene rings is 2. The minimum absolute atomic E-state index is 0.0971. The Bertz CT molecular complexity index is 953. The number of aryl methyl sites for hydroxylation is 1. The maximum Gasteiger partial charge on any atom is 0.277 e. The molecule has 140 valence electrons. The quantitative estimate of drug-likeness (QED) is 0.505. The Morgan fingerprint density at radius 3 is 2.70 bits per heavy atom. The molecular weight excluding hydrogens is 340 g/mol. The van der Waals surface area contributed by atoms with E-state index in [-0.39, 0.29) is 12.5 Å². The highest BCUT2D eigenvalue weighted by Gasteiger charge is 2.11. The van der Waals surface area contributed by atoms with Crippen molar-refractivity contribution in [2.24, 2.45) is 5.10 Å². The summed E-state index contributed by atoms with van der Waals surface area (Å²) in [4.78, 5) is 12.1. The number of hydrogen-bond donors (Lipinski definition) is 1. The lowest BCUT2D eigenvalue weighted by molar-refractivity contribution is -0.123. The number of hydrazone groups is 1. The Morgan fingerprint density at radius 1 is 1.19 bits per heavy atom. The maximum absolute atomic E-state index is 12.1. The molecule has 0 fully saturated rings. The fraction of sp³-hybridized carbons (Fsp3) is 0.273. The fourth-order valence-electron chi connectivity index (χ4n) is 2.78. The Balaban J connectivity index is 1.62. The lowest BCUT2D eigenvalue weighted by atomic mass is 10.0. The van der Waals surface area contributed by atoms with Gasteiger partial charge in [0.05, 0.1) is 0 Å². The van der Waals surface area contributed by atoms with E-state index in [1.807, 2.05) is 55.5 Å². The van der Waals surface area contributed by atoms with Crippen LogP contribution in [0.5, 0.6) is 5.75 Å². The predicted molar refractivity (Wildman–Crippen MR) is 107 cm³/mol. The van der Waals surface area contributed by atoms with Crippen LogP contribution in [-0.4, -0.2) is 18.2 Å². The third kappa shape index (κ3) is 4.56. The van der Waals surface area contributed by atoms with Crippen molar-refractivity contribution in [1.29, 1.82) is 0 Å². The van der Waals surface area contributed by atoms with Gasteiger partial charge in [-0.3, -0.25) is 4.79 Å². The summed E-state index contributed by atoms with van der Waals surface area (Å²) in [5.74, 6) is 1.36. The molecule has 0 saturated carbocycles. The van der Waals surface area contributed by atoms with E-state index >= 15 is 0 Å². The van der Waals surface area contributed by atoms with Crippen molar-refractivity contribution in [3.8, 4) is 5.75 Å². The number of nitrogens with one attached hydrogen (secondary N) is 1. The zero-order valence-electron chi connectivity index (χ0n) is 16.1. The molecule has 1 amide bonds. The first-order chi connectivity index (χ1) is 12.9. The van der Waals surface area contributed by atoms with Gasteiger partial charge >= 0.3 is 0 Å². The predicted octanol–water partition coefficient (Wildman–Crippen LogP) is 4.78. The van der Waals surface area contributed by atoms with Crippen molar-refractivity contribution < 1.29 is 13.9 Å². The molecule has 0 radical (unpaired) electrons. The van der Waals surface area contributed by atoms with Crippen LogP contribution in [0.15, 0.2) is 58.0 Å². The van der Waals surface area contributed by atoms with Crippen LogP contribution in [0.2, 0.25) is 0 Å². The lowest BCUT2D eigenvalue weighted by Crippen LogP contribution is -2.25. The largest absolute Gasteiger partial charge is 0.483 e. The van der Waals surface area contributed by atoms with E-state index in [4.69, 9.17) is 9.15 Å². The summed E-state index contributed by atoms with van der Waals surface area (Å²) >= 11 is 0. The van der Waals surface area contributed by atoms with E-state index in [0.29, 0.717) is 17.4 Å². The van der Waals surface area contributed by atoms with Crippen LogP contribution in [0.1, 0.15) is 43.6 Å². The maximum atomic E-state index is 12.1. The molecule has 1 heterocycles. The summed E-state index contributed by atoms with van der Waals surface area (Å²) in [5, 5.41) is 5.12. The van der Waals surface area contributed by atoms with Crippen molar-refractivity contribution in [2.75, 3.05) is 6.61 Å². The van der Waals surface area contributed by atoms with Crippen LogP contribution >= 0.6 is 0 Å². The number of amides is 1. The summed E-state index contributed by atoms with van der Waals surface area (Å²) in [6.45, 7) is 7.88. The second-order valence-corrected chi connectivity index (χ2v) is 6.87. The molecule has 1 aromatic heterocycles. The van der Waals surface area contributed by atoms with Gasteiger partial charge in [-0.15, -0.1) is 0 Å². The summed E-state index contributed by atoms with van der Waals surface area (Å²) in [5.41, 5.74) is 6.08. The van der Waals surface area contributed by atoms with Crippen LogP contribution in [0.4, 0.5) is 0 Å². The molecule has 0 aliphatic carbocycles. The first-order valence-corrected chi connectivity index (χ1v) is 8.99. The highest BCUT2D eigenvalue weighted by atomic mass is 16.5. The fourth-order valence-corrected chi connectivity index (χ4v) is 2.78. The SMILES string of the molecule is C/C(=N/NC(=O)COc1cc(C)ccc1C(C)C)c1cc2ccccc2o1. The number of hydrogen-bond acceptors (Lipinski definition) is 4. The summed E-state index contributed by atoms with van der Waals surface area (Å²) in [7, 11) is 0. The van der Waals surface area contributed by atoms with E-state index in [9.17, 15) is 4.79 Å². The van der Waals surface area contributed by atoms with Crippen LogP contribution in [0, 0.1) is 6.92 Å². The molecule has 27 heavy (non-hydrogen) atoms. The van der Waals surface area contributed by atoms with Crippen LogP contribution in [0.25, 0.3) is 11.0 Å². The summed E-state index contributed by atoms with van der Waals surface area (Å²) in [6.07, 6.45) is 0. The zero-order chi connectivity index (χ0) is 19.4. The molecule has 0 aliphatic rings. The average molecular weight is 364 g/mol. The van der Waals surface area contributed by atoms with Crippen molar-refractivity contribution in [3.63, 3.8) is 0 Å².